The van der Waals surface area contributed by atoms with Gasteiger partial charge >= 0.3 is 0 Å². The molecule has 0 aliphatic heterocycles. The summed E-state index contributed by atoms with van der Waals surface area (Å²) in [5, 5.41) is 51.3. The quantitative estimate of drug-likeness (QED) is 0.176. The van der Waals surface area contributed by atoms with Crippen LogP contribution < -0.4 is 10.6 Å². The van der Waals surface area contributed by atoms with E-state index in [1.807, 2.05) is 0 Å². The van der Waals surface area contributed by atoms with Gasteiger partial charge < -0.3 is 36.2 Å². The van der Waals surface area contributed by atoms with E-state index in [0.717, 1.165) is 32.1 Å². The molecule has 25 heavy (non-hydrogen) atoms. The molecule has 4 atom stereocenters. The molecule has 0 aromatic heterocycles. The molecule has 0 radical (unpaired) electrons. The lowest BCUT2D eigenvalue weighted by Crippen LogP contribution is -2.52. The second-order valence-corrected chi connectivity index (χ2v) is 5.98. The molecule has 2 amide bonds. The normalized spacial score (nSPS) is 15.9. The van der Waals surface area contributed by atoms with Crippen molar-refractivity contribution in [1.29, 1.82) is 0 Å². The van der Waals surface area contributed by atoms with Gasteiger partial charge in [0.05, 0.1) is 6.61 Å². The fourth-order valence-electron chi connectivity index (χ4n) is 2.15. The Morgan fingerprint density at radius 1 is 0.880 bits per heavy atom. The number of hydrogen-bond donors (Lipinski definition) is 7. The van der Waals surface area contributed by atoms with Gasteiger partial charge in [-0.1, -0.05) is 32.6 Å². The van der Waals surface area contributed by atoms with Crippen molar-refractivity contribution in [2.45, 2.75) is 69.9 Å². The molecule has 0 unspecified atom stereocenters. The van der Waals surface area contributed by atoms with Crippen molar-refractivity contribution in [1.82, 2.24) is 10.6 Å². The summed E-state index contributed by atoms with van der Waals surface area (Å²) in [5.41, 5.74) is 0. The average Bonchev–Trinajstić information content (AvgIpc) is 2.62. The van der Waals surface area contributed by atoms with Gasteiger partial charge in [0.2, 0.25) is 5.91 Å². The van der Waals surface area contributed by atoms with E-state index in [-0.39, 0.29) is 19.0 Å². The molecule has 0 saturated heterocycles. The number of hydrogen-bond acceptors (Lipinski definition) is 7. The molecule has 0 heterocycles. The van der Waals surface area contributed by atoms with Crippen LogP contribution in [0.4, 0.5) is 0 Å². The molecule has 0 aromatic carbocycles. The summed E-state index contributed by atoms with van der Waals surface area (Å²) in [6, 6.07) is 0. The average molecular weight is 364 g/mol. The fraction of sp³-hybridized carbons (Fsp3) is 0.875. The molecule has 9 nitrogen and oxygen atoms in total. The van der Waals surface area contributed by atoms with E-state index in [1.54, 1.807) is 0 Å². The summed E-state index contributed by atoms with van der Waals surface area (Å²) in [6.07, 6.45) is -1.80. The van der Waals surface area contributed by atoms with Gasteiger partial charge in [-0.25, -0.2) is 0 Å². The van der Waals surface area contributed by atoms with E-state index < -0.39 is 36.9 Å². The van der Waals surface area contributed by atoms with Crippen molar-refractivity contribution < 1.29 is 35.1 Å². The summed E-state index contributed by atoms with van der Waals surface area (Å²) in [4.78, 5) is 23.2. The summed E-state index contributed by atoms with van der Waals surface area (Å²) in [6.45, 7) is 1.51. The molecule has 9 heteroatoms. The van der Waals surface area contributed by atoms with Crippen molar-refractivity contribution in [3.05, 3.63) is 0 Å². The SMILES string of the molecule is CCCCCCCC(=O)NCCNC(=O)[C@H](O)[C@@H](O)[C@H](O)[C@H](O)CO. The zero-order chi connectivity index (χ0) is 19.2. The largest absolute Gasteiger partial charge is 0.394 e. The van der Waals surface area contributed by atoms with Gasteiger partial charge in [0.15, 0.2) is 6.10 Å². The van der Waals surface area contributed by atoms with E-state index in [1.165, 1.54) is 0 Å². The lowest BCUT2D eigenvalue weighted by Gasteiger charge is -2.24. The molecule has 0 aliphatic carbocycles. The Hall–Kier alpha value is -1.26. The molecule has 0 saturated carbocycles. The number of unbranched alkanes of at least 4 members (excludes halogenated alkanes) is 4. The van der Waals surface area contributed by atoms with Gasteiger partial charge in [-0.05, 0) is 6.42 Å². The van der Waals surface area contributed by atoms with Crippen molar-refractivity contribution >= 4 is 11.8 Å². The Balaban J connectivity index is 3.89. The van der Waals surface area contributed by atoms with Gasteiger partial charge in [-0.15, -0.1) is 0 Å². The minimum Gasteiger partial charge on any atom is -0.394 e. The van der Waals surface area contributed by atoms with Crippen molar-refractivity contribution in [2.24, 2.45) is 0 Å². The van der Waals surface area contributed by atoms with Gasteiger partial charge in [-0.3, -0.25) is 9.59 Å². The number of aliphatic hydroxyl groups is 5. The maximum atomic E-state index is 11.6. The van der Waals surface area contributed by atoms with Crippen LogP contribution in [0.3, 0.4) is 0 Å². The van der Waals surface area contributed by atoms with Gasteiger partial charge in [-0.2, -0.15) is 0 Å². The fourth-order valence-corrected chi connectivity index (χ4v) is 2.15. The third-order valence-corrected chi connectivity index (χ3v) is 3.78. The molecule has 0 aliphatic rings. The molecular weight excluding hydrogens is 332 g/mol. The van der Waals surface area contributed by atoms with E-state index in [4.69, 9.17) is 5.11 Å². The first-order valence-electron chi connectivity index (χ1n) is 8.72. The van der Waals surface area contributed by atoms with Crippen molar-refractivity contribution in [3.8, 4) is 0 Å². The standard InChI is InChI=1S/C16H32N2O7/c1-2-3-4-5-6-7-12(21)17-8-9-18-16(25)15(24)14(23)13(22)11(20)10-19/h11,13-15,19-20,22-24H,2-10H2,1H3,(H,17,21)(H,18,25)/t11-,13-,14+,15-/m1/s1. The van der Waals surface area contributed by atoms with Crippen LogP contribution in [-0.2, 0) is 9.59 Å². The molecule has 7 N–H and O–H groups in total. The second kappa shape index (κ2) is 14.0. The molecule has 0 rings (SSSR count). The first-order chi connectivity index (χ1) is 11.8. The number of rotatable bonds is 14. The Morgan fingerprint density at radius 2 is 1.48 bits per heavy atom. The minimum absolute atomic E-state index is 0.0445. The highest BCUT2D eigenvalue weighted by Gasteiger charge is 2.33. The summed E-state index contributed by atoms with van der Waals surface area (Å²) >= 11 is 0. The van der Waals surface area contributed by atoms with Crippen LogP contribution in [-0.4, -0.2) is 81.5 Å². The lowest BCUT2D eigenvalue weighted by atomic mass is 10.0. The number of nitrogens with one attached hydrogen (secondary N) is 2. The summed E-state index contributed by atoms with van der Waals surface area (Å²) in [7, 11) is 0. The first-order valence-corrected chi connectivity index (χ1v) is 8.72. The first kappa shape index (κ1) is 23.7. The number of aliphatic hydroxyl groups excluding tert-OH is 5. The van der Waals surface area contributed by atoms with E-state index in [9.17, 15) is 30.0 Å². The maximum absolute atomic E-state index is 11.6. The zero-order valence-electron chi connectivity index (χ0n) is 14.7. The predicted molar refractivity (Wildman–Crippen MR) is 90.5 cm³/mol. The molecule has 0 spiro atoms. The topological polar surface area (TPSA) is 159 Å². The monoisotopic (exact) mass is 364 g/mol. The molecule has 0 bridgehead atoms. The van der Waals surface area contributed by atoms with Crippen molar-refractivity contribution in [3.63, 3.8) is 0 Å². The number of amides is 2. The van der Waals surface area contributed by atoms with E-state index >= 15 is 0 Å². The van der Waals surface area contributed by atoms with Crippen LogP contribution in [0.5, 0.6) is 0 Å². The molecular formula is C16H32N2O7. The van der Waals surface area contributed by atoms with Crippen LogP contribution in [0.2, 0.25) is 0 Å². The highest BCUT2D eigenvalue weighted by molar-refractivity contribution is 5.81. The van der Waals surface area contributed by atoms with Crippen molar-refractivity contribution in [2.75, 3.05) is 19.7 Å². The number of carbonyl (C=O) groups excluding carboxylic acids is 2. The van der Waals surface area contributed by atoms with E-state index in [0.29, 0.717) is 6.42 Å². The van der Waals surface area contributed by atoms with Gasteiger partial charge in [0.25, 0.3) is 5.91 Å². The highest BCUT2D eigenvalue weighted by atomic mass is 16.4. The molecule has 0 aromatic rings. The maximum Gasteiger partial charge on any atom is 0.251 e. The Morgan fingerprint density at radius 3 is 2.08 bits per heavy atom. The molecule has 148 valence electrons. The van der Waals surface area contributed by atoms with Crippen LogP contribution >= 0.6 is 0 Å². The molecule has 0 fully saturated rings. The van der Waals surface area contributed by atoms with Crippen LogP contribution in [0.1, 0.15) is 45.4 Å². The van der Waals surface area contributed by atoms with Gasteiger partial charge in [0.1, 0.15) is 18.3 Å². The zero-order valence-corrected chi connectivity index (χ0v) is 14.7. The smallest absolute Gasteiger partial charge is 0.251 e. The summed E-state index contributed by atoms with van der Waals surface area (Å²) < 4.78 is 0. The summed E-state index contributed by atoms with van der Waals surface area (Å²) in [5.74, 6) is -1.07. The van der Waals surface area contributed by atoms with Crippen LogP contribution in [0, 0.1) is 0 Å². The van der Waals surface area contributed by atoms with E-state index in [2.05, 4.69) is 17.6 Å². The van der Waals surface area contributed by atoms with Crippen LogP contribution in [0.25, 0.3) is 0 Å². The third-order valence-electron chi connectivity index (χ3n) is 3.78. The number of carbonyl (C=O) groups is 2. The third kappa shape index (κ3) is 10.4. The van der Waals surface area contributed by atoms with Crippen LogP contribution in [0.15, 0.2) is 0 Å². The van der Waals surface area contributed by atoms with Gasteiger partial charge in [0, 0.05) is 19.5 Å². The predicted octanol–water partition coefficient (Wildman–Crippen LogP) is -1.98. The lowest BCUT2D eigenvalue weighted by molar-refractivity contribution is -0.148. The highest BCUT2D eigenvalue weighted by Crippen LogP contribution is 2.05. The Bertz CT molecular complexity index is 381. The second-order valence-electron chi connectivity index (χ2n) is 5.98. The Labute approximate surface area is 148 Å². The Kier molecular flexibility index (Phi) is 13.3. The minimum atomic E-state index is -1.97.